The molecule has 0 saturated carbocycles. The van der Waals surface area contributed by atoms with E-state index in [-0.39, 0.29) is 29.7 Å². The summed E-state index contributed by atoms with van der Waals surface area (Å²) in [6.45, 7) is 8.13. The van der Waals surface area contributed by atoms with E-state index in [1.54, 1.807) is 18.2 Å². The van der Waals surface area contributed by atoms with Crippen LogP contribution in [-0.2, 0) is 9.63 Å². The normalized spacial score (nSPS) is 17.8. The lowest BCUT2D eigenvalue weighted by molar-refractivity contribution is -0.119. The van der Waals surface area contributed by atoms with Crippen LogP contribution in [0.1, 0.15) is 54.6 Å². The fourth-order valence-corrected chi connectivity index (χ4v) is 4.35. The number of anilines is 1. The number of hydrazone groups is 1. The lowest BCUT2D eigenvalue weighted by Crippen LogP contribution is -2.52. The van der Waals surface area contributed by atoms with E-state index >= 15 is 4.39 Å². The SMILES string of the molecule is CC(=O)NCC1CC(c2ccc(N3CCN(/C(N)=N/NC(=O)c4ccc(C(C)C)cc4)CC3)c(F)c2)=NO1. The highest BCUT2D eigenvalue weighted by Gasteiger charge is 2.25. The van der Waals surface area contributed by atoms with E-state index < -0.39 is 0 Å². The summed E-state index contributed by atoms with van der Waals surface area (Å²) in [6, 6.07) is 12.4. The third-order valence-electron chi connectivity index (χ3n) is 6.65. The number of nitrogens with two attached hydrogens (primary N) is 1. The molecule has 2 heterocycles. The quantitative estimate of drug-likeness (QED) is 0.291. The number of hydrogen-bond acceptors (Lipinski definition) is 6. The summed E-state index contributed by atoms with van der Waals surface area (Å²) in [5.41, 5.74) is 12.1. The molecule has 0 spiro atoms. The van der Waals surface area contributed by atoms with Crippen LogP contribution in [0, 0.1) is 5.82 Å². The summed E-state index contributed by atoms with van der Waals surface area (Å²) in [7, 11) is 0. The second kappa shape index (κ2) is 11.9. The molecule has 0 aliphatic carbocycles. The maximum atomic E-state index is 15.0. The van der Waals surface area contributed by atoms with Crippen molar-refractivity contribution in [3.05, 3.63) is 65.0 Å². The number of piperazine rings is 1. The first-order valence-electron chi connectivity index (χ1n) is 12.7. The molecule has 38 heavy (non-hydrogen) atoms. The number of oxime groups is 1. The first-order valence-corrected chi connectivity index (χ1v) is 12.7. The van der Waals surface area contributed by atoms with E-state index in [1.165, 1.54) is 13.0 Å². The standard InChI is InChI=1S/C27H34FN7O3/c1-17(2)19-4-6-20(7-5-19)26(37)31-32-27(29)35-12-10-34(11-13-35)25-9-8-21(14-23(25)28)24-15-22(38-33-24)16-30-18(3)36/h4-9,14,17,22H,10-13,15-16H2,1-3H3,(H2,29,32)(H,30,36)(H,31,37). The number of nitrogens with one attached hydrogen (secondary N) is 2. The number of nitrogens with zero attached hydrogens (tertiary/aromatic N) is 4. The third kappa shape index (κ3) is 6.58. The van der Waals surface area contributed by atoms with Gasteiger partial charge in [-0.25, -0.2) is 9.82 Å². The molecule has 202 valence electrons. The van der Waals surface area contributed by atoms with Gasteiger partial charge in [-0.2, -0.15) is 0 Å². The molecule has 2 aliphatic heterocycles. The van der Waals surface area contributed by atoms with Crippen LogP contribution < -0.4 is 21.4 Å². The Morgan fingerprint density at radius 3 is 2.50 bits per heavy atom. The maximum absolute atomic E-state index is 15.0. The van der Waals surface area contributed by atoms with Crippen molar-refractivity contribution in [2.24, 2.45) is 16.0 Å². The van der Waals surface area contributed by atoms with Crippen LogP contribution in [0.2, 0.25) is 0 Å². The highest BCUT2D eigenvalue weighted by atomic mass is 19.1. The number of benzene rings is 2. The van der Waals surface area contributed by atoms with E-state index in [1.807, 2.05) is 28.0 Å². The molecular weight excluding hydrogens is 489 g/mol. The molecule has 0 aromatic heterocycles. The first kappa shape index (κ1) is 26.9. The van der Waals surface area contributed by atoms with Gasteiger partial charge in [0, 0.05) is 50.7 Å². The number of rotatable bonds is 7. The zero-order valence-electron chi connectivity index (χ0n) is 21.9. The summed E-state index contributed by atoms with van der Waals surface area (Å²) in [6.07, 6.45) is 0.239. The maximum Gasteiger partial charge on any atom is 0.271 e. The van der Waals surface area contributed by atoms with E-state index in [2.05, 4.69) is 34.8 Å². The minimum atomic E-state index is -0.346. The van der Waals surface area contributed by atoms with Crippen LogP contribution in [0.3, 0.4) is 0 Å². The summed E-state index contributed by atoms with van der Waals surface area (Å²) in [4.78, 5) is 32.7. The van der Waals surface area contributed by atoms with Crippen molar-refractivity contribution in [2.75, 3.05) is 37.6 Å². The topological polar surface area (TPSA) is 125 Å². The molecule has 0 bridgehead atoms. The highest BCUT2D eigenvalue weighted by molar-refractivity contribution is 6.01. The number of guanidine groups is 1. The van der Waals surface area contributed by atoms with Gasteiger partial charge in [0.05, 0.1) is 17.9 Å². The van der Waals surface area contributed by atoms with Crippen LogP contribution in [0.5, 0.6) is 0 Å². The van der Waals surface area contributed by atoms with Gasteiger partial charge >= 0.3 is 0 Å². The molecule has 1 saturated heterocycles. The van der Waals surface area contributed by atoms with E-state index in [9.17, 15) is 9.59 Å². The van der Waals surface area contributed by atoms with E-state index in [4.69, 9.17) is 10.6 Å². The Bertz CT molecular complexity index is 1220. The van der Waals surface area contributed by atoms with Crippen molar-refractivity contribution in [3.8, 4) is 0 Å². The van der Waals surface area contributed by atoms with Gasteiger partial charge in [0.15, 0.2) is 0 Å². The van der Waals surface area contributed by atoms with Gasteiger partial charge in [0.25, 0.3) is 5.91 Å². The summed E-state index contributed by atoms with van der Waals surface area (Å²) < 4.78 is 15.0. The molecule has 1 atom stereocenters. The van der Waals surface area contributed by atoms with Crippen LogP contribution >= 0.6 is 0 Å². The van der Waals surface area contributed by atoms with Crippen molar-refractivity contribution in [1.29, 1.82) is 0 Å². The Morgan fingerprint density at radius 1 is 1.16 bits per heavy atom. The Hall–Kier alpha value is -4.15. The number of carbonyl (C=O) groups is 2. The predicted molar refractivity (Wildman–Crippen MR) is 145 cm³/mol. The molecule has 11 heteroatoms. The van der Waals surface area contributed by atoms with E-state index in [0.717, 1.165) is 5.56 Å². The third-order valence-corrected chi connectivity index (χ3v) is 6.65. The highest BCUT2D eigenvalue weighted by Crippen LogP contribution is 2.25. The molecule has 0 radical (unpaired) electrons. The smallest absolute Gasteiger partial charge is 0.271 e. The first-order chi connectivity index (χ1) is 18.2. The predicted octanol–water partition coefficient (Wildman–Crippen LogP) is 2.36. The van der Waals surface area contributed by atoms with E-state index in [0.29, 0.717) is 67.6 Å². The summed E-state index contributed by atoms with van der Waals surface area (Å²) in [5, 5.41) is 10.8. The van der Waals surface area contributed by atoms with Gasteiger partial charge in [-0.3, -0.25) is 9.59 Å². The lowest BCUT2D eigenvalue weighted by atomic mass is 10.0. The van der Waals surface area contributed by atoms with Crippen molar-refractivity contribution in [3.63, 3.8) is 0 Å². The van der Waals surface area contributed by atoms with Gasteiger partial charge in [0.1, 0.15) is 11.9 Å². The molecule has 10 nitrogen and oxygen atoms in total. The number of hydrogen-bond donors (Lipinski definition) is 3. The molecular formula is C27H34FN7O3. The Morgan fingerprint density at radius 2 is 1.87 bits per heavy atom. The fraction of sp³-hybridized carbons (Fsp3) is 0.407. The van der Waals surface area contributed by atoms with Crippen molar-refractivity contribution < 1.29 is 18.8 Å². The van der Waals surface area contributed by atoms with Crippen LogP contribution in [0.15, 0.2) is 52.7 Å². The van der Waals surface area contributed by atoms with Crippen molar-refractivity contribution in [1.82, 2.24) is 15.6 Å². The van der Waals surface area contributed by atoms with Gasteiger partial charge < -0.3 is 25.7 Å². The molecule has 2 aliphatic rings. The van der Waals surface area contributed by atoms with Crippen LogP contribution in [-0.4, -0.2) is 67.2 Å². The Labute approximate surface area is 221 Å². The van der Waals surface area contributed by atoms with Crippen molar-refractivity contribution >= 4 is 29.2 Å². The molecule has 2 amide bonds. The molecule has 4 rings (SSSR count). The largest absolute Gasteiger partial charge is 0.390 e. The molecule has 2 aromatic rings. The number of carbonyl (C=O) groups excluding carboxylic acids is 2. The average molecular weight is 524 g/mol. The fourth-order valence-electron chi connectivity index (χ4n) is 4.35. The number of halogens is 1. The molecule has 2 aromatic carbocycles. The lowest BCUT2D eigenvalue weighted by Gasteiger charge is -2.36. The van der Waals surface area contributed by atoms with Gasteiger partial charge in [0.2, 0.25) is 11.9 Å². The van der Waals surface area contributed by atoms with Crippen LogP contribution in [0.4, 0.5) is 10.1 Å². The molecule has 1 fully saturated rings. The monoisotopic (exact) mass is 523 g/mol. The zero-order valence-corrected chi connectivity index (χ0v) is 21.9. The van der Waals surface area contributed by atoms with Crippen molar-refractivity contribution in [2.45, 2.75) is 39.2 Å². The summed E-state index contributed by atoms with van der Waals surface area (Å²) in [5.74, 6) is -0.218. The second-order valence-electron chi connectivity index (χ2n) is 9.73. The van der Waals surface area contributed by atoms with Gasteiger partial charge in [-0.15, -0.1) is 5.10 Å². The summed E-state index contributed by atoms with van der Waals surface area (Å²) >= 11 is 0. The second-order valence-corrected chi connectivity index (χ2v) is 9.73. The zero-order chi connectivity index (χ0) is 27.2. The average Bonchev–Trinajstić information content (AvgIpc) is 3.40. The Balaban J connectivity index is 1.28. The number of amides is 2. The minimum Gasteiger partial charge on any atom is -0.390 e. The Kier molecular flexibility index (Phi) is 8.45. The minimum absolute atomic E-state index is 0.136. The molecule has 4 N–H and O–H groups in total. The van der Waals surface area contributed by atoms with Gasteiger partial charge in [-0.1, -0.05) is 37.2 Å². The molecule has 1 unspecified atom stereocenters. The van der Waals surface area contributed by atoms with Crippen LogP contribution in [0.25, 0.3) is 0 Å². The van der Waals surface area contributed by atoms with Gasteiger partial charge in [-0.05, 0) is 35.7 Å².